The highest BCUT2D eigenvalue weighted by molar-refractivity contribution is 5.48. The van der Waals surface area contributed by atoms with Crippen molar-refractivity contribution in [2.24, 2.45) is 5.73 Å². The number of aliphatic hydroxyl groups excluding tert-OH is 1. The van der Waals surface area contributed by atoms with Gasteiger partial charge in [-0.2, -0.15) is 0 Å². The second kappa shape index (κ2) is 6.47. The van der Waals surface area contributed by atoms with Crippen LogP contribution in [0.5, 0.6) is 11.5 Å². The SMILES string of the molecule is CCC[C@H](O)[C@H](N)c1cccc(OC)c1OC. The predicted molar refractivity (Wildman–Crippen MR) is 67.4 cm³/mol. The van der Waals surface area contributed by atoms with Crippen molar-refractivity contribution in [1.82, 2.24) is 0 Å². The zero-order valence-electron chi connectivity index (χ0n) is 10.6. The minimum atomic E-state index is -0.569. The molecule has 0 radical (unpaired) electrons. The van der Waals surface area contributed by atoms with Gasteiger partial charge in [-0.15, -0.1) is 0 Å². The van der Waals surface area contributed by atoms with Crippen molar-refractivity contribution in [2.75, 3.05) is 14.2 Å². The van der Waals surface area contributed by atoms with Crippen molar-refractivity contribution in [3.8, 4) is 11.5 Å². The number of rotatable bonds is 6. The first-order valence-corrected chi connectivity index (χ1v) is 5.80. The first kappa shape index (κ1) is 13.8. The Balaban J connectivity index is 3.03. The fraction of sp³-hybridized carbons (Fsp3) is 0.538. The molecule has 4 nitrogen and oxygen atoms in total. The van der Waals surface area contributed by atoms with Crippen LogP contribution in [-0.4, -0.2) is 25.4 Å². The van der Waals surface area contributed by atoms with Gasteiger partial charge in [0.25, 0.3) is 0 Å². The molecule has 0 amide bonds. The lowest BCUT2D eigenvalue weighted by molar-refractivity contribution is 0.133. The number of ether oxygens (including phenoxy) is 2. The van der Waals surface area contributed by atoms with Crippen molar-refractivity contribution in [1.29, 1.82) is 0 Å². The minimum absolute atomic E-state index is 0.458. The minimum Gasteiger partial charge on any atom is -0.493 e. The molecule has 1 aromatic carbocycles. The van der Waals surface area contributed by atoms with Gasteiger partial charge < -0.3 is 20.3 Å². The van der Waals surface area contributed by atoms with Crippen LogP contribution in [0.25, 0.3) is 0 Å². The molecule has 17 heavy (non-hydrogen) atoms. The Morgan fingerprint density at radius 1 is 1.29 bits per heavy atom. The molecule has 0 aliphatic carbocycles. The highest BCUT2D eigenvalue weighted by Crippen LogP contribution is 2.35. The van der Waals surface area contributed by atoms with E-state index in [-0.39, 0.29) is 0 Å². The van der Waals surface area contributed by atoms with E-state index in [0.717, 1.165) is 12.0 Å². The maximum atomic E-state index is 9.93. The predicted octanol–water partition coefficient (Wildman–Crippen LogP) is 1.86. The van der Waals surface area contributed by atoms with Crippen LogP contribution in [0.2, 0.25) is 0 Å². The average molecular weight is 239 g/mol. The lowest BCUT2D eigenvalue weighted by Gasteiger charge is -2.21. The highest BCUT2D eigenvalue weighted by atomic mass is 16.5. The molecule has 96 valence electrons. The van der Waals surface area contributed by atoms with Gasteiger partial charge in [0.1, 0.15) is 0 Å². The number of para-hydroxylation sites is 1. The van der Waals surface area contributed by atoms with Crippen LogP contribution in [-0.2, 0) is 0 Å². The highest BCUT2D eigenvalue weighted by Gasteiger charge is 2.21. The van der Waals surface area contributed by atoms with E-state index in [4.69, 9.17) is 15.2 Å². The molecule has 0 aliphatic rings. The molecule has 0 saturated heterocycles. The van der Waals surface area contributed by atoms with Gasteiger partial charge in [-0.25, -0.2) is 0 Å². The fourth-order valence-electron chi connectivity index (χ4n) is 1.86. The largest absolute Gasteiger partial charge is 0.493 e. The van der Waals surface area contributed by atoms with Crippen LogP contribution in [0.15, 0.2) is 18.2 Å². The summed E-state index contributed by atoms with van der Waals surface area (Å²) < 4.78 is 10.5. The van der Waals surface area contributed by atoms with Crippen LogP contribution in [0.4, 0.5) is 0 Å². The second-order valence-electron chi connectivity index (χ2n) is 3.96. The third-order valence-electron chi connectivity index (χ3n) is 2.79. The Bertz CT molecular complexity index is 355. The normalized spacial score (nSPS) is 14.2. The van der Waals surface area contributed by atoms with E-state index < -0.39 is 12.1 Å². The van der Waals surface area contributed by atoms with E-state index >= 15 is 0 Å². The van der Waals surface area contributed by atoms with Crippen molar-refractivity contribution in [2.45, 2.75) is 31.9 Å². The van der Waals surface area contributed by atoms with Gasteiger partial charge in [0.15, 0.2) is 11.5 Å². The molecule has 0 aliphatic heterocycles. The van der Waals surface area contributed by atoms with Gasteiger partial charge in [0.2, 0.25) is 0 Å². The molecular weight excluding hydrogens is 218 g/mol. The number of hydrogen-bond donors (Lipinski definition) is 2. The maximum absolute atomic E-state index is 9.93. The topological polar surface area (TPSA) is 64.7 Å². The first-order chi connectivity index (χ1) is 8.15. The Morgan fingerprint density at radius 3 is 2.53 bits per heavy atom. The summed E-state index contributed by atoms with van der Waals surface area (Å²) in [5, 5.41) is 9.93. The summed E-state index contributed by atoms with van der Waals surface area (Å²) >= 11 is 0. The summed E-state index contributed by atoms with van der Waals surface area (Å²) in [4.78, 5) is 0. The molecule has 0 bridgehead atoms. The number of methoxy groups -OCH3 is 2. The maximum Gasteiger partial charge on any atom is 0.165 e. The molecule has 0 spiro atoms. The standard InChI is InChI=1S/C13H21NO3/c1-4-6-10(15)12(14)9-7-5-8-11(16-2)13(9)17-3/h5,7-8,10,12,15H,4,6,14H2,1-3H3/t10-,12+/m0/s1. The molecule has 4 heteroatoms. The Labute approximate surface area is 102 Å². The van der Waals surface area contributed by atoms with Crippen molar-refractivity contribution in [3.05, 3.63) is 23.8 Å². The van der Waals surface area contributed by atoms with Crippen LogP contribution < -0.4 is 15.2 Å². The summed E-state index contributed by atoms with van der Waals surface area (Å²) in [7, 11) is 3.15. The van der Waals surface area contributed by atoms with E-state index in [1.54, 1.807) is 20.3 Å². The van der Waals surface area contributed by atoms with E-state index in [2.05, 4.69) is 0 Å². The van der Waals surface area contributed by atoms with Gasteiger partial charge in [-0.05, 0) is 12.5 Å². The van der Waals surface area contributed by atoms with E-state index in [9.17, 15) is 5.11 Å². The fourth-order valence-corrected chi connectivity index (χ4v) is 1.86. The summed E-state index contributed by atoms with van der Waals surface area (Å²) in [6.45, 7) is 2.01. The van der Waals surface area contributed by atoms with Gasteiger partial charge >= 0.3 is 0 Å². The molecule has 1 rings (SSSR count). The lowest BCUT2D eigenvalue weighted by atomic mass is 9.98. The van der Waals surface area contributed by atoms with Gasteiger partial charge in [0, 0.05) is 5.56 Å². The van der Waals surface area contributed by atoms with Crippen molar-refractivity contribution >= 4 is 0 Å². The Morgan fingerprint density at radius 2 is 2.00 bits per heavy atom. The van der Waals surface area contributed by atoms with Gasteiger partial charge in [0.05, 0.1) is 26.4 Å². The van der Waals surface area contributed by atoms with E-state index in [0.29, 0.717) is 17.9 Å². The Kier molecular flexibility index (Phi) is 5.25. The van der Waals surface area contributed by atoms with Crippen LogP contribution >= 0.6 is 0 Å². The monoisotopic (exact) mass is 239 g/mol. The lowest BCUT2D eigenvalue weighted by Crippen LogP contribution is -2.26. The summed E-state index contributed by atoms with van der Waals surface area (Å²) in [5.74, 6) is 1.22. The van der Waals surface area contributed by atoms with Crippen LogP contribution in [0.3, 0.4) is 0 Å². The molecular formula is C13H21NO3. The number of aliphatic hydroxyl groups is 1. The van der Waals surface area contributed by atoms with Gasteiger partial charge in [-0.3, -0.25) is 0 Å². The molecule has 0 fully saturated rings. The molecule has 1 aromatic rings. The quantitative estimate of drug-likeness (QED) is 0.795. The van der Waals surface area contributed by atoms with E-state index in [1.807, 2.05) is 19.1 Å². The smallest absolute Gasteiger partial charge is 0.165 e. The molecule has 0 unspecified atom stereocenters. The number of hydrogen-bond acceptors (Lipinski definition) is 4. The first-order valence-electron chi connectivity index (χ1n) is 5.80. The third kappa shape index (κ3) is 3.11. The van der Waals surface area contributed by atoms with Gasteiger partial charge in [-0.1, -0.05) is 25.5 Å². The molecule has 0 saturated carbocycles. The summed E-state index contributed by atoms with van der Waals surface area (Å²) in [5.41, 5.74) is 6.81. The second-order valence-corrected chi connectivity index (χ2v) is 3.96. The molecule has 3 N–H and O–H groups in total. The zero-order valence-corrected chi connectivity index (χ0v) is 10.6. The molecule has 0 heterocycles. The summed E-state index contributed by atoms with van der Waals surface area (Å²) in [6.07, 6.45) is 0.990. The van der Waals surface area contributed by atoms with Crippen molar-refractivity contribution < 1.29 is 14.6 Å². The number of nitrogens with two attached hydrogens (primary N) is 1. The zero-order chi connectivity index (χ0) is 12.8. The van der Waals surface area contributed by atoms with Crippen LogP contribution in [0.1, 0.15) is 31.4 Å². The number of benzene rings is 1. The van der Waals surface area contributed by atoms with Crippen molar-refractivity contribution in [3.63, 3.8) is 0 Å². The third-order valence-corrected chi connectivity index (χ3v) is 2.79. The summed E-state index contributed by atoms with van der Waals surface area (Å²) in [6, 6.07) is 5.04. The Hall–Kier alpha value is -1.26. The van der Waals surface area contributed by atoms with E-state index in [1.165, 1.54) is 0 Å². The van der Waals surface area contributed by atoms with Crippen LogP contribution in [0, 0.1) is 0 Å². The molecule has 0 aromatic heterocycles. The average Bonchev–Trinajstić information content (AvgIpc) is 2.36. The molecule has 2 atom stereocenters.